The maximum atomic E-state index is 10.7. The fourth-order valence-electron chi connectivity index (χ4n) is 3.42. The van der Waals surface area contributed by atoms with Crippen molar-refractivity contribution in [1.82, 2.24) is 15.5 Å². The van der Waals surface area contributed by atoms with Crippen molar-refractivity contribution in [3.05, 3.63) is 34.9 Å². The van der Waals surface area contributed by atoms with Gasteiger partial charge in [-0.25, -0.2) is 0 Å². The molecule has 0 aliphatic carbocycles. The van der Waals surface area contributed by atoms with E-state index >= 15 is 0 Å². The van der Waals surface area contributed by atoms with Gasteiger partial charge in [-0.2, -0.15) is 0 Å². The standard InChI is InChI=1S/C21H36N4O2.HI/c1-5-22-20(23-7-6-19-13-17(2)12-18(3)14-19)24-15-21(4,26)16-25-8-10-27-11-9-25;/h12-14,26H,5-11,15-16H2,1-4H3,(H2,22,23,24);1H. The Kier molecular flexibility index (Phi) is 11.3. The van der Waals surface area contributed by atoms with Gasteiger partial charge in [-0.15, -0.1) is 24.0 Å². The monoisotopic (exact) mass is 504 g/mol. The van der Waals surface area contributed by atoms with Crippen LogP contribution in [0.3, 0.4) is 0 Å². The summed E-state index contributed by atoms with van der Waals surface area (Å²) in [5, 5.41) is 17.3. The summed E-state index contributed by atoms with van der Waals surface area (Å²) in [6.45, 7) is 14.0. The average Bonchev–Trinajstić information content (AvgIpc) is 2.59. The molecule has 1 heterocycles. The first-order valence-electron chi connectivity index (χ1n) is 10.00. The van der Waals surface area contributed by atoms with Crippen LogP contribution in [0.25, 0.3) is 0 Å². The lowest BCUT2D eigenvalue weighted by Gasteiger charge is -2.33. The van der Waals surface area contributed by atoms with E-state index < -0.39 is 5.60 Å². The number of hydrogen-bond acceptors (Lipinski definition) is 4. The lowest BCUT2D eigenvalue weighted by Crippen LogP contribution is -2.48. The first kappa shape index (κ1) is 25.1. The van der Waals surface area contributed by atoms with Crippen LogP contribution in [0.4, 0.5) is 0 Å². The number of benzene rings is 1. The zero-order valence-electron chi connectivity index (χ0n) is 17.8. The third-order valence-electron chi connectivity index (χ3n) is 4.58. The molecule has 1 aliphatic heterocycles. The highest BCUT2D eigenvalue weighted by molar-refractivity contribution is 14.0. The van der Waals surface area contributed by atoms with E-state index in [4.69, 9.17) is 4.74 Å². The number of aliphatic hydroxyl groups is 1. The molecule has 0 radical (unpaired) electrons. The molecule has 6 nitrogen and oxygen atoms in total. The van der Waals surface area contributed by atoms with E-state index in [1.807, 2.05) is 13.8 Å². The number of aryl methyl sites for hydroxylation is 2. The van der Waals surface area contributed by atoms with Gasteiger partial charge in [0, 0.05) is 32.7 Å². The Hall–Kier alpha value is -0.900. The lowest BCUT2D eigenvalue weighted by atomic mass is 10.1. The first-order valence-corrected chi connectivity index (χ1v) is 10.00. The number of aliphatic imine (C=N–C) groups is 1. The first-order chi connectivity index (χ1) is 12.9. The molecule has 3 N–H and O–H groups in total. The molecule has 1 fully saturated rings. The summed E-state index contributed by atoms with van der Waals surface area (Å²) in [6, 6.07) is 6.65. The number of guanidine groups is 1. The van der Waals surface area contributed by atoms with Crippen LogP contribution >= 0.6 is 24.0 Å². The fourth-order valence-corrected chi connectivity index (χ4v) is 3.42. The van der Waals surface area contributed by atoms with Gasteiger partial charge in [0.25, 0.3) is 0 Å². The molecule has 1 saturated heterocycles. The zero-order chi connectivity index (χ0) is 19.7. The largest absolute Gasteiger partial charge is 0.387 e. The number of morpholine rings is 1. The third-order valence-corrected chi connectivity index (χ3v) is 4.58. The molecule has 2 rings (SSSR count). The normalized spacial score (nSPS) is 17.5. The van der Waals surface area contributed by atoms with Gasteiger partial charge in [-0.1, -0.05) is 29.3 Å². The number of β-amino-alcohol motifs (C(OH)–C–C–N with tert-alkyl or cyclic N) is 1. The minimum absolute atomic E-state index is 0. The quantitative estimate of drug-likeness (QED) is 0.288. The van der Waals surface area contributed by atoms with Crippen LogP contribution in [0.2, 0.25) is 0 Å². The number of halogens is 1. The Morgan fingerprint density at radius 1 is 1.18 bits per heavy atom. The van der Waals surface area contributed by atoms with Crippen LogP contribution in [0, 0.1) is 13.8 Å². The van der Waals surface area contributed by atoms with E-state index in [9.17, 15) is 5.11 Å². The highest BCUT2D eigenvalue weighted by Gasteiger charge is 2.25. The Morgan fingerprint density at radius 3 is 2.43 bits per heavy atom. The maximum absolute atomic E-state index is 10.7. The Bertz CT molecular complexity index is 596. The van der Waals surface area contributed by atoms with Crippen molar-refractivity contribution in [3.8, 4) is 0 Å². The molecule has 1 aromatic carbocycles. The Morgan fingerprint density at radius 2 is 1.82 bits per heavy atom. The minimum atomic E-state index is -0.854. The van der Waals surface area contributed by atoms with Crippen molar-refractivity contribution in [2.75, 3.05) is 52.5 Å². The number of ether oxygens (including phenoxy) is 1. The summed E-state index contributed by atoms with van der Waals surface area (Å²) in [6.07, 6.45) is 0.942. The van der Waals surface area contributed by atoms with Gasteiger partial charge in [-0.05, 0) is 39.7 Å². The molecular formula is C21H37IN4O2. The van der Waals surface area contributed by atoms with E-state index in [2.05, 4.69) is 52.6 Å². The van der Waals surface area contributed by atoms with Crippen LogP contribution in [-0.4, -0.2) is 74.0 Å². The number of nitrogens with zero attached hydrogens (tertiary/aromatic N) is 2. The van der Waals surface area contributed by atoms with Crippen LogP contribution in [0.15, 0.2) is 23.2 Å². The van der Waals surface area contributed by atoms with Gasteiger partial charge in [-0.3, -0.25) is 9.89 Å². The molecule has 1 aliphatic rings. The summed E-state index contributed by atoms with van der Waals surface area (Å²) in [5.74, 6) is 0.754. The summed E-state index contributed by atoms with van der Waals surface area (Å²) in [5.41, 5.74) is 3.07. The predicted molar refractivity (Wildman–Crippen MR) is 127 cm³/mol. The SMILES string of the molecule is CCNC(=NCC(C)(O)CN1CCOCC1)NCCc1cc(C)cc(C)c1.I. The van der Waals surface area contributed by atoms with E-state index in [0.29, 0.717) is 13.1 Å². The molecular weight excluding hydrogens is 467 g/mol. The smallest absolute Gasteiger partial charge is 0.191 e. The molecule has 7 heteroatoms. The molecule has 1 unspecified atom stereocenters. The molecule has 28 heavy (non-hydrogen) atoms. The Labute approximate surface area is 187 Å². The summed E-state index contributed by atoms with van der Waals surface area (Å²) >= 11 is 0. The lowest BCUT2D eigenvalue weighted by molar-refractivity contribution is -0.0179. The zero-order valence-corrected chi connectivity index (χ0v) is 20.1. The third kappa shape index (κ3) is 9.54. The van der Waals surface area contributed by atoms with Crippen LogP contribution < -0.4 is 10.6 Å². The van der Waals surface area contributed by atoms with Gasteiger partial charge in [0.1, 0.15) is 0 Å². The van der Waals surface area contributed by atoms with Crippen molar-refractivity contribution in [2.45, 2.75) is 39.7 Å². The number of nitrogens with one attached hydrogen (secondary N) is 2. The molecule has 0 spiro atoms. The van der Waals surface area contributed by atoms with E-state index in [-0.39, 0.29) is 24.0 Å². The van der Waals surface area contributed by atoms with Gasteiger partial charge in [0.2, 0.25) is 0 Å². The fraction of sp³-hybridized carbons (Fsp3) is 0.667. The highest BCUT2D eigenvalue weighted by atomic mass is 127. The van der Waals surface area contributed by atoms with Crippen molar-refractivity contribution < 1.29 is 9.84 Å². The van der Waals surface area contributed by atoms with Crippen molar-refractivity contribution in [2.24, 2.45) is 4.99 Å². The molecule has 0 amide bonds. The highest BCUT2D eigenvalue weighted by Crippen LogP contribution is 2.10. The molecule has 0 bridgehead atoms. The minimum Gasteiger partial charge on any atom is -0.387 e. The molecule has 1 atom stereocenters. The van der Waals surface area contributed by atoms with Crippen molar-refractivity contribution in [1.29, 1.82) is 0 Å². The molecule has 160 valence electrons. The predicted octanol–water partition coefficient (Wildman–Crippen LogP) is 2.10. The maximum Gasteiger partial charge on any atom is 0.191 e. The Balaban J connectivity index is 0.00000392. The number of rotatable bonds is 8. The van der Waals surface area contributed by atoms with Gasteiger partial charge >= 0.3 is 0 Å². The summed E-state index contributed by atoms with van der Waals surface area (Å²) < 4.78 is 5.37. The second-order valence-electron chi connectivity index (χ2n) is 7.75. The molecule has 1 aromatic rings. The van der Waals surface area contributed by atoms with Crippen LogP contribution in [-0.2, 0) is 11.2 Å². The molecule has 0 aromatic heterocycles. The van der Waals surface area contributed by atoms with E-state index in [0.717, 1.165) is 51.8 Å². The van der Waals surface area contributed by atoms with Gasteiger partial charge < -0.3 is 20.5 Å². The van der Waals surface area contributed by atoms with Crippen molar-refractivity contribution >= 4 is 29.9 Å². The van der Waals surface area contributed by atoms with Crippen LogP contribution in [0.5, 0.6) is 0 Å². The van der Waals surface area contributed by atoms with Gasteiger partial charge in [0.15, 0.2) is 5.96 Å². The summed E-state index contributed by atoms with van der Waals surface area (Å²) in [7, 11) is 0. The second-order valence-corrected chi connectivity index (χ2v) is 7.75. The van der Waals surface area contributed by atoms with Crippen LogP contribution in [0.1, 0.15) is 30.5 Å². The summed E-state index contributed by atoms with van der Waals surface area (Å²) in [4.78, 5) is 6.84. The van der Waals surface area contributed by atoms with Gasteiger partial charge in [0.05, 0.1) is 25.4 Å². The topological polar surface area (TPSA) is 69.1 Å². The van der Waals surface area contributed by atoms with E-state index in [1.54, 1.807) is 0 Å². The van der Waals surface area contributed by atoms with E-state index in [1.165, 1.54) is 16.7 Å². The van der Waals surface area contributed by atoms with Crippen molar-refractivity contribution in [3.63, 3.8) is 0 Å². The molecule has 0 saturated carbocycles. The second kappa shape index (κ2) is 12.6. The number of hydrogen-bond donors (Lipinski definition) is 3. The average molecular weight is 504 g/mol.